The van der Waals surface area contributed by atoms with E-state index in [0.29, 0.717) is 12.1 Å². The lowest BCUT2D eigenvalue weighted by Gasteiger charge is -2.27. The van der Waals surface area contributed by atoms with Gasteiger partial charge in [0.05, 0.1) is 12.1 Å². The molecule has 3 rings (SSSR count). The predicted molar refractivity (Wildman–Crippen MR) is 101 cm³/mol. The average molecular weight is 351 g/mol. The van der Waals surface area contributed by atoms with Crippen LogP contribution in [0.15, 0.2) is 22.5 Å². The van der Waals surface area contributed by atoms with Gasteiger partial charge < -0.3 is 15.4 Å². The van der Waals surface area contributed by atoms with E-state index < -0.39 is 0 Å². The lowest BCUT2D eigenvalue weighted by molar-refractivity contribution is 0.105. The van der Waals surface area contributed by atoms with E-state index in [0.717, 1.165) is 32.1 Å². The quantitative estimate of drug-likeness (QED) is 0.586. The smallest absolute Gasteiger partial charge is 0.191 e. The molecule has 0 aromatic carbocycles. The van der Waals surface area contributed by atoms with Crippen molar-refractivity contribution in [2.75, 3.05) is 39.8 Å². The second-order valence-corrected chi connectivity index (χ2v) is 7.56. The average Bonchev–Trinajstić information content (AvgIpc) is 3.35. The first-order valence-corrected chi connectivity index (χ1v) is 10.1. The number of hydrogen-bond acceptors (Lipinski definition) is 4. The Labute approximate surface area is 149 Å². The number of hydrogen-bond donors (Lipinski definition) is 2. The molecule has 0 saturated carbocycles. The SMILES string of the molecule is CN=C(NCCC1CCCO1)NCC(c1cccs1)N1CCCC1. The van der Waals surface area contributed by atoms with E-state index in [1.807, 2.05) is 18.4 Å². The van der Waals surface area contributed by atoms with Crippen LogP contribution in [0.2, 0.25) is 0 Å². The highest BCUT2D eigenvalue weighted by molar-refractivity contribution is 7.10. The highest BCUT2D eigenvalue weighted by atomic mass is 32.1. The standard InChI is InChI=1S/C18H30N4OS/c1-19-18(20-9-8-15-6-4-12-23-15)21-14-16(17-7-5-13-24-17)22-10-2-3-11-22/h5,7,13,15-16H,2-4,6,8-12,14H2,1H3,(H2,19,20,21). The number of guanidine groups is 1. The van der Waals surface area contributed by atoms with Crippen LogP contribution in [-0.4, -0.2) is 56.8 Å². The third-order valence-electron chi connectivity index (χ3n) is 4.92. The molecule has 0 amide bonds. The molecule has 2 unspecified atom stereocenters. The van der Waals surface area contributed by atoms with Gasteiger partial charge in [0.25, 0.3) is 0 Å². The molecule has 5 nitrogen and oxygen atoms in total. The Morgan fingerprint density at radius 2 is 2.25 bits per heavy atom. The van der Waals surface area contributed by atoms with E-state index in [1.54, 1.807) is 0 Å². The molecule has 2 aliphatic rings. The highest BCUT2D eigenvalue weighted by Gasteiger charge is 2.24. The van der Waals surface area contributed by atoms with Gasteiger partial charge in [0.1, 0.15) is 0 Å². The van der Waals surface area contributed by atoms with Crippen LogP contribution in [0.1, 0.15) is 43.0 Å². The molecular weight excluding hydrogens is 320 g/mol. The zero-order chi connectivity index (χ0) is 16.6. The molecule has 0 aliphatic carbocycles. The van der Waals surface area contributed by atoms with E-state index in [9.17, 15) is 0 Å². The number of rotatable bonds is 7. The van der Waals surface area contributed by atoms with Crippen molar-refractivity contribution in [3.63, 3.8) is 0 Å². The third kappa shape index (κ3) is 4.94. The number of likely N-dealkylation sites (tertiary alicyclic amines) is 1. The van der Waals surface area contributed by atoms with Gasteiger partial charge >= 0.3 is 0 Å². The number of thiophene rings is 1. The summed E-state index contributed by atoms with van der Waals surface area (Å²) in [7, 11) is 1.84. The Morgan fingerprint density at radius 1 is 1.38 bits per heavy atom. The summed E-state index contributed by atoms with van der Waals surface area (Å²) in [5.74, 6) is 0.897. The van der Waals surface area contributed by atoms with Gasteiger partial charge in [-0.2, -0.15) is 0 Å². The fourth-order valence-corrected chi connectivity index (χ4v) is 4.44. The minimum Gasteiger partial charge on any atom is -0.378 e. The summed E-state index contributed by atoms with van der Waals surface area (Å²) in [6.07, 6.45) is 6.52. The molecule has 0 spiro atoms. The monoisotopic (exact) mass is 350 g/mol. The molecule has 24 heavy (non-hydrogen) atoms. The van der Waals surface area contributed by atoms with Gasteiger partial charge in [-0.05, 0) is 56.6 Å². The van der Waals surface area contributed by atoms with Crippen LogP contribution < -0.4 is 10.6 Å². The molecule has 2 atom stereocenters. The zero-order valence-electron chi connectivity index (χ0n) is 14.7. The van der Waals surface area contributed by atoms with Crippen LogP contribution in [0.5, 0.6) is 0 Å². The lowest BCUT2D eigenvalue weighted by atomic mass is 10.2. The number of nitrogens with one attached hydrogen (secondary N) is 2. The Hall–Kier alpha value is -1.11. The van der Waals surface area contributed by atoms with Crippen molar-refractivity contribution in [1.82, 2.24) is 15.5 Å². The molecule has 2 saturated heterocycles. The largest absolute Gasteiger partial charge is 0.378 e. The fourth-order valence-electron chi connectivity index (χ4n) is 3.58. The Balaban J connectivity index is 1.46. The highest BCUT2D eigenvalue weighted by Crippen LogP contribution is 2.27. The number of nitrogens with zero attached hydrogens (tertiary/aromatic N) is 2. The maximum atomic E-state index is 5.68. The van der Waals surface area contributed by atoms with Gasteiger partial charge in [-0.3, -0.25) is 9.89 Å². The van der Waals surface area contributed by atoms with Gasteiger partial charge in [-0.25, -0.2) is 0 Å². The van der Waals surface area contributed by atoms with Gasteiger partial charge in [0, 0.05) is 31.6 Å². The summed E-state index contributed by atoms with van der Waals surface area (Å²) < 4.78 is 5.68. The normalized spacial score (nSPS) is 23.5. The number of aliphatic imine (C=N–C) groups is 1. The van der Waals surface area contributed by atoms with Crippen molar-refractivity contribution in [2.24, 2.45) is 4.99 Å². The molecule has 6 heteroatoms. The van der Waals surface area contributed by atoms with Gasteiger partial charge in [0.2, 0.25) is 0 Å². The van der Waals surface area contributed by atoms with Crippen molar-refractivity contribution < 1.29 is 4.74 Å². The second-order valence-electron chi connectivity index (χ2n) is 6.58. The Bertz CT molecular complexity index is 493. The van der Waals surface area contributed by atoms with Crippen molar-refractivity contribution in [1.29, 1.82) is 0 Å². The summed E-state index contributed by atoms with van der Waals surface area (Å²) in [5, 5.41) is 9.13. The first-order valence-electron chi connectivity index (χ1n) is 9.20. The van der Waals surface area contributed by atoms with Crippen LogP contribution in [0.25, 0.3) is 0 Å². The van der Waals surface area contributed by atoms with Crippen LogP contribution in [0.3, 0.4) is 0 Å². The molecule has 1 aromatic rings. The Kier molecular flexibility index (Phi) is 6.93. The van der Waals surface area contributed by atoms with E-state index in [2.05, 4.69) is 38.0 Å². The summed E-state index contributed by atoms with van der Waals surface area (Å²) in [6.45, 7) is 5.15. The molecular formula is C18H30N4OS. The molecule has 2 fully saturated rings. The first-order chi connectivity index (χ1) is 11.9. The molecule has 0 bridgehead atoms. The van der Waals surface area contributed by atoms with E-state index in [-0.39, 0.29) is 0 Å². The summed E-state index contributed by atoms with van der Waals surface area (Å²) in [6, 6.07) is 4.85. The van der Waals surface area contributed by atoms with Crippen LogP contribution in [0, 0.1) is 0 Å². The molecule has 2 N–H and O–H groups in total. The van der Waals surface area contributed by atoms with Crippen molar-refractivity contribution >= 4 is 17.3 Å². The maximum absolute atomic E-state index is 5.68. The predicted octanol–water partition coefficient (Wildman–Crippen LogP) is 2.62. The second kappa shape index (κ2) is 9.39. The van der Waals surface area contributed by atoms with Gasteiger partial charge in [-0.1, -0.05) is 6.07 Å². The molecule has 1 aromatic heterocycles. The molecule has 2 aliphatic heterocycles. The Morgan fingerprint density at radius 3 is 2.92 bits per heavy atom. The van der Waals surface area contributed by atoms with Crippen LogP contribution in [-0.2, 0) is 4.74 Å². The summed E-state index contributed by atoms with van der Waals surface area (Å²) >= 11 is 1.85. The molecule has 0 radical (unpaired) electrons. The third-order valence-corrected chi connectivity index (χ3v) is 5.90. The summed E-state index contributed by atoms with van der Waals surface area (Å²) in [5.41, 5.74) is 0. The minimum atomic E-state index is 0.430. The van der Waals surface area contributed by atoms with Crippen LogP contribution in [0.4, 0.5) is 0 Å². The maximum Gasteiger partial charge on any atom is 0.191 e. The van der Waals surface area contributed by atoms with Crippen molar-refractivity contribution in [2.45, 2.75) is 44.2 Å². The van der Waals surface area contributed by atoms with E-state index >= 15 is 0 Å². The molecule has 3 heterocycles. The minimum absolute atomic E-state index is 0.430. The zero-order valence-corrected chi connectivity index (χ0v) is 15.5. The number of ether oxygens (including phenoxy) is 1. The van der Waals surface area contributed by atoms with Gasteiger partial charge in [0.15, 0.2) is 5.96 Å². The van der Waals surface area contributed by atoms with Crippen molar-refractivity contribution in [3.8, 4) is 0 Å². The fraction of sp³-hybridized carbons (Fsp3) is 0.722. The van der Waals surface area contributed by atoms with E-state index in [4.69, 9.17) is 4.74 Å². The van der Waals surface area contributed by atoms with Crippen molar-refractivity contribution in [3.05, 3.63) is 22.4 Å². The topological polar surface area (TPSA) is 48.9 Å². The summed E-state index contributed by atoms with van der Waals surface area (Å²) in [4.78, 5) is 8.41. The van der Waals surface area contributed by atoms with Gasteiger partial charge in [-0.15, -0.1) is 11.3 Å². The van der Waals surface area contributed by atoms with E-state index in [1.165, 1.54) is 43.6 Å². The lowest BCUT2D eigenvalue weighted by Crippen LogP contribution is -2.43. The van der Waals surface area contributed by atoms with Crippen LogP contribution >= 0.6 is 11.3 Å². The molecule has 134 valence electrons. The first kappa shape index (κ1) is 17.7.